The molecule has 7 rings (SSSR count). The van der Waals surface area contributed by atoms with Crippen LogP contribution in [-0.2, 0) is 0 Å². The molecule has 0 spiro atoms. The van der Waals surface area contributed by atoms with Crippen LogP contribution in [0.2, 0.25) is 0 Å². The highest BCUT2D eigenvalue weighted by Crippen LogP contribution is 2.38. The molecule has 0 aliphatic rings. The number of allylic oxidation sites excluding steroid dienone is 1. The van der Waals surface area contributed by atoms with Crippen molar-refractivity contribution in [2.45, 2.75) is 20.3 Å². The Kier molecular flexibility index (Phi) is 5.75. The molecule has 0 atom stereocenters. The molecule has 7 aromatic rings. The lowest BCUT2D eigenvalue weighted by Crippen LogP contribution is -1.86. The number of fused-ring (bicyclic) bond motifs is 7. The zero-order valence-corrected chi connectivity index (χ0v) is 22.4. The number of aryl methyl sites for hydroxylation is 1. The highest BCUT2D eigenvalue weighted by Gasteiger charge is 2.10. The van der Waals surface area contributed by atoms with Crippen LogP contribution in [0.5, 0.6) is 0 Å². The van der Waals surface area contributed by atoms with Gasteiger partial charge in [0.2, 0.25) is 0 Å². The van der Waals surface area contributed by atoms with Gasteiger partial charge in [0, 0.05) is 0 Å². The quantitative estimate of drug-likeness (QED) is 0.212. The third kappa shape index (κ3) is 4.10. The summed E-state index contributed by atoms with van der Waals surface area (Å²) in [6.07, 6.45) is 5.52. The maximum absolute atomic E-state index is 2.37. The molecule has 39 heavy (non-hydrogen) atoms. The van der Waals surface area contributed by atoms with Gasteiger partial charge in [-0.15, -0.1) is 0 Å². The summed E-state index contributed by atoms with van der Waals surface area (Å²) in [5.74, 6) is 0. The molecule has 0 fully saturated rings. The van der Waals surface area contributed by atoms with E-state index in [0.29, 0.717) is 0 Å². The third-order valence-electron chi connectivity index (χ3n) is 8.03. The lowest BCUT2D eigenvalue weighted by Gasteiger charge is -2.13. The first-order valence-electron chi connectivity index (χ1n) is 13.8. The van der Waals surface area contributed by atoms with E-state index >= 15 is 0 Å². The maximum atomic E-state index is 2.37. The monoisotopic (exact) mass is 498 g/mol. The fraction of sp³-hybridized carbons (Fsp3) is 0.0769. The number of hydrogen-bond acceptors (Lipinski definition) is 0. The highest BCUT2D eigenvalue weighted by molar-refractivity contribution is 6.25. The second-order valence-electron chi connectivity index (χ2n) is 10.5. The van der Waals surface area contributed by atoms with Gasteiger partial charge in [-0.25, -0.2) is 0 Å². The van der Waals surface area contributed by atoms with Gasteiger partial charge in [0.25, 0.3) is 0 Å². The van der Waals surface area contributed by atoms with Crippen LogP contribution in [-0.4, -0.2) is 0 Å². The molecule has 0 amide bonds. The molecule has 0 unspecified atom stereocenters. The molecule has 0 heterocycles. The minimum Gasteiger partial charge on any atom is -0.0842 e. The van der Waals surface area contributed by atoms with Gasteiger partial charge in [-0.1, -0.05) is 116 Å². The van der Waals surface area contributed by atoms with Crippen molar-refractivity contribution in [3.8, 4) is 22.3 Å². The Hall–Kier alpha value is -4.68. The molecule has 0 heteroatoms. The first-order chi connectivity index (χ1) is 19.2. The van der Waals surface area contributed by atoms with Gasteiger partial charge in [-0.3, -0.25) is 0 Å². The normalized spacial score (nSPS) is 11.8. The van der Waals surface area contributed by atoms with Crippen LogP contribution >= 0.6 is 0 Å². The van der Waals surface area contributed by atoms with Crippen LogP contribution in [0, 0.1) is 6.92 Å². The predicted molar refractivity (Wildman–Crippen MR) is 171 cm³/mol. The molecule has 0 saturated carbocycles. The first kappa shape index (κ1) is 23.4. The van der Waals surface area contributed by atoms with Crippen molar-refractivity contribution in [2.24, 2.45) is 0 Å². The molecule has 186 valence electrons. The van der Waals surface area contributed by atoms with Crippen molar-refractivity contribution in [2.75, 3.05) is 0 Å². The van der Waals surface area contributed by atoms with Crippen LogP contribution in [0.15, 0.2) is 127 Å². The van der Waals surface area contributed by atoms with Crippen molar-refractivity contribution in [1.82, 2.24) is 0 Å². The second kappa shape index (κ2) is 9.57. The van der Waals surface area contributed by atoms with Crippen LogP contribution in [0.3, 0.4) is 0 Å². The lowest BCUT2D eigenvalue weighted by molar-refractivity contribution is 1.23. The van der Waals surface area contributed by atoms with E-state index in [1.807, 2.05) is 0 Å². The van der Waals surface area contributed by atoms with Gasteiger partial charge in [0.05, 0.1) is 0 Å². The van der Waals surface area contributed by atoms with Gasteiger partial charge in [0.1, 0.15) is 0 Å². The number of hydrogen-bond donors (Lipinski definition) is 0. The van der Waals surface area contributed by atoms with Gasteiger partial charge in [-0.05, 0) is 114 Å². The van der Waals surface area contributed by atoms with E-state index in [0.717, 1.165) is 6.42 Å². The molecule has 0 bridgehead atoms. The first-order valence-corrected chi connectivity index (χ1v) is 13.8. The summed E-state index contributed by atoms with van der Waals surface area (Å²) in [6.45, 7) is 4.37. The Morgan fingerprint density at radius 2 is 1.03 bits per heavy atom. The van der Waals surface area contributed by atoms with E-state index in [9.17, 15) is 0 Å². The van der Waals surface area contributed by atoms with Crippen molar-refractivity contribution in [1.29, 1.82) is 0 Å². The summed E-state index contributed by atoms with van der Waals surface area (Å²) >= 11 is 0. The van der Waals surface area contributed by atoms with Crippen LogP contribution in [0.1, 0.15) is 24.5 Å². The summed E-state index contributed by atoms with van der Waals surface area (Å²) in [6, 6.07) is 44.9. The highest BCUT2D eigenvalue weighted by atomic mass is 14.1. The third-order valence-corrected chi connectivity index (χ3v) is 8.03. The van der Waals surface area contributed by atoms with Crippen LogP contribution in [0.4, 0.5) is 0 Å². The summed E-state index contributed by atoms with van der Waals surface area (Å²) in [5.41, 5.74) is 7.58. The summed E-state index contributed by atoms with van der Waals surface area (Å²) in [5, 5.41) is 10.4. The second-order valence-corrected chi connectivity index (χ2v) is 10.5. The van der Waals surface area contributed by atoms with Gasteiger partial charge in [-0.2, -0.15) is 0 Å². The molecule has 0 nitrogen and oxygen atoms in total. The summed E-state index contributed by atoms with van der Waals surface area (Å²) in [4.78, 5) is 0. The summed E-state index contributed by atoms with van der Waals surface area (Å²) < 4.78 is 0. The molecule has 0 aromatic heterocycles. The molecule has 0 radical (unpaired) electrons. The average molecular weight is 499 g/mol. The van der Waals surface area contributed by atoms with E-state index in [-0.39, 0.29) is 0 Å². The van der Waals surface area contributed by atoms with E-state index in [4.69, 9.17) is 0 Å². The van der Waals surface area contributed by atoms with Gasteiger partial charge < -0.3 is 0 Å². The van der Waals surface area contributed by atoms with Crippen LogP contribution < -0.4 is 0 Å². The standard InChI is InChI=1S/C39H30/c1-3-4-10-27-22-33-24-31(18-17-30(33)21-26(27)2)28-11-9-12-29(23-28)32-19-20-38-36-15-6-5-13-34(36)35-14-7-8-16-37(35)39(38)25-32/h4-25H,3H2,1-2H3/b10-4-. The van der Waals surface area contributed by atoms with Crippen molar-refractivity contribution in [3.63, 3.8) is 0 Å². The Morgan fingerprint density at radius 3 is 1.69 bits per heavy atom. The SMILES string of the molecule is CC/C=C\c1cc2cc(-c3cccc(-c4ccc5c6ccccc6c6ccccc6c5c4)c3)ccc2cc1C. The fourth-order valence-corrected chi connectivity index (χ4v) is 6.00. The van der Waals surface area contributed by atoms with Gasteiger partial charge >= 0.3 is 0 Å². The molecular formula is C39H30. The van der Waals surface area contributed by atoms with Crippen molar-refractivity contribution < 1.29 is 0 Å². The zero-order chi connectivity index (χ0) is 26.3. The van der Waals surface area contributed by atoms with Crippen molar-refractivity contribution in [3.05, 3.63) is 139 Å². The predicted octanol–water partition coefficient (Wildman–Crippen LogP) is 11.4. The molecule has 0 aliphatic carbocycles. The van der Waals surface area contributed by atoms with E-state index in [1.54, 1.807) is 0 Å². The molecule has 0 saturated heterocycles. The number of rotatable bonds is 4. The Balaban J connectivity index is 1.35. The maximum Gasteiger partial charge on any atom is -0.00928 e. The molecule has 0 N–H and O–H groups in total. The molecular weight excluding hydrogens is 468 g/mol. The summed E-state index contributed by atoms with van der Waals surface area (Å²) in [7, 11) is 0. The average Bonchev–Trinajstić information content (AvgIpc) is 3.00. The Labute approximate surface area is 229 Å². The van der Waals surface area contributed by atoms with E-state index in [1.165, 1.54) is 76.5 Å². The van der Waals surface area contributed by atoms with E-state index < -0.39 is 0 Å². The molecule has 0 aliphatic heterocycles. The number of benzene rings is 7. The largest absolute Gasteiger partial charge is 0.0842 e. The Bertz CT molecular complexity index is 2020. The van der Waals surface area contributed by atoms with E-state index in [2.05, 4.69) is 147 Å². The molecule has 7 aromatic carbocycles. The van der Waals surface area contributed by atoms with Crippen molar-refractivity contribution >= 4 is 49.2 Å². The lowest BCUT2D eigenvalue weighted by atomic mass is 9.91. The smallest absolute Gasteiger partial charge is 0.00928 e. The van der Waals surface area contributed by atoms with Gasteiger partial charge in [0.15, 0.2) is 0 Å². The topological polar surface area (TPSA) is 0 Å². The fourth-order valence-electron chi connectivity index (χ4n) is 6.00. The minimum absolute atomic E-state index is 1.05. The minimum atomic E-state index is 1.05. The van der Waals surface area contributed by atoms with Crippen LogP contribution in [0.25, 0.3) is 71.4 Å². The Morgan fingerprint density at radius 1 is 0.462 bits per heavy atom. The zero-order valence-electron chi connectivity index (χ0n) is 22.4.